The number of hydrogen-bond donors (Lipinski definition) is 0. The molecule has 8 nitrogen and oxygen atoms in total. The maximum Gasteiger partial charge on any atom is 0.320 e. The van der Waals surface area contributed by atoms with E-state index >= 15 is 0 Å². The van der Waals surface area contributed by atoms with Crippen LogP contribution in [0.1, 0.15) is 11.5 Å². The Balaban J connectivity index is 3.38. The Labute approximate surface area is 127 Å². The molecule has 22 heavy (non-hydrogen) atoms. The lowest BCUT2D eigenvalue weighted by atomic mass is 9.85. The fourth-order valence-corrected chi connectivity index (χ4v) is 2.20. The molecule has 0 aliphatic carbocycles. The first kappa shape index (κ1) is 17.4. The van der Waals surface area contributed by atoms with Crippen molar-refractivity contribution in [2.24, 2.45) is 5.92 Å². The van der Waals surface area contributed by atoms with E-state index in [-0.39, 0.29) is 0 Å². The van der Waals surface area contributed by atoms with Gasteiger partial charge < -0.3 is 14.2 Å². The van der Waals surface area contributed by atoms with Crippen molar-refractivity contribution in [2.75, 3.05) is 27.9 Å². The van der Waals surface area contributed by atoms with Crippen LogP contribution in [0.15, 0.2) is 24.3 Å². The Bertz CT molecular complexity index is 542. The summed E-state index contributed by atoms with van der Waals surface area (Å²) in [6.45, 7) is -0.644. The molecule has 0 radical (unpaired) electrons. The van der Waals surface area contributed by atoms with Gasteiger partial charge in [-0.15, -0.1) is 0 Å². The molecular weight excluding hydrogens is 294 g/mol. The van der Waals surface area contributed by atoms with Gasteiger partial charge in [-0.1, -0.05) is 18.2 Å². The SMILES string of the molecule is COC(=O)C(C(=O)OC)[C@@H](C[N+](=O)[O-])c1ccccc1OC. The maximum atomic E-state index is 11.9. The number of hydrogen-bond acceptors (Lipinski definition) is 7. The third kappa shape index (κ3) is 3.94. The molecule has 1 aromatic carbocycles. The van der Waals surface area contributed by atoms with Gasteiger partial charge in [-0.25, -0.2) is 0 Å². The largest absolute Gasteiger partial charge is 0.496 e. The van der Waals surface area contributed by atoms with Gasteiger partial charge in [-0.05, 0) is 6.07 Å². The first-order valence-electron chi connectivity index (χ1n) is 6.36. The van der Waals surface area contributed by atoms with Crippen LogP contribution in [0.3, 0.4) is 0 Å². The van der Waals surface area contributed by atoms with Crippen LogP contribution in [0, 0.1) is 16.0 Å². The summed E-state index contributed by atoms with van der Waals surface area (Å²) in [5.74, 6) is -3.97. The molecule has 1 atom stereocenters. The van der Waals surface area contributed by atoms with Crippen LogP contribution in [0.4, 0.5) is 0 Å². The third-order valence-corrected chi connectivity index (χ3v) is 3.20. The highest BCUT2D eigenvalue weighted by molar-refractivity contribution is 5.96. The Morgan fingerprint density at radius 1 is 1.14 bits per heavy atom. The molecule has 0 fully saturated rings. The highest BCUT2D eigenvalue weighted by Crippen LogP contribution is 2.33. The zero-order valence-corrected chi connectivity index (χ0v) is 12.5. The minimum atomic E-state index is -1.45. The van der Waals surface area contributed by atoms with Crippen molar-refractivity contribution in [1.82, 2.24) is 0 Å². The van der Waals surface area contributed by atoms with E-state index in [1.807, 2.05) is 0 Å². The van der Waals surface area contributed by atoms with E-state index in [2.05, 4.69) is 9.47 Å². The number of esters is 2. The third-order valence-electron chi connectivity index (χ3n) is 3.20. The molecule has 0 aliphatic rings. The summed E-state index contributed by atoms with van der Waals surface area (Å²) in [5.41, 5.74) is 0.363. The van der Waals surface area contributed by atoms with Crippen LogP contribution in [-0.4, -0.2) is 44.7 Å². The highest BCUT2D eigenvalue weighted by atomic mass is 16.6. The van der Waals surface area contributed by atoms with Gasteiger partial charge in [0.05, 0.1) is 27.2 Å². The molecule has 8 heteroatoms. The molecule has 0 bridgehead atoms. The molecule has 0 saturated carbocycles. The Morgan fingerprint density at radius 3 is 2.14 bits per heavy atom. The van der Waals surface area contributed by atoms with Crippen LogP contribution in [-0.2, 0) is 19.1 Å². The van der Waals surface area contributed by atoms with Crippen LogP contribution in [0.5, 0.6) is 5.75 Å². The van der Waals surface area contributed by atoms with E-state index in [0.717, 1.165) is 14.2 Å². The molecule has 0 saturated heterocycles. The summed E-state index contributed by atoms with van der Waals surface area (Å²) in [6.07, 6.45) is 0. The zero-order valence-electron chi connectivity index (χ0n) is 12.5. The van der Waals surface area contributed by atoms with Crippen molar-refractivity contribution < 1.29 is 28.7 Å². The summed E-state index contributed by atoms with van der Waals surface area (Å²) in [6, 6.07) is 6.47. The summed E-state index contributed by atoms with van der Waals surface area (Å²) in [7, 11) is 3.60. The molecular formula is C14H17NO7. The molecule has 0 aromatic heterocycles. The minimum absolute atomic E-state index is 0.340. The second-order valence-electron chi connectivity index (χ2n) is 4.39. The van der Waals surface area contributed by atoms with Crippen molar-refractivity contribution in [2.45, 2.75) is 5.92 Å². The van der Waals surface area contributed by atoms with Crippen molar-refractivity contribution in [1.29, 1.82) is 0 Å². The van der Waals surface area contributed by atoms with Gasteiger partial charge in [0.15, 0.2) is 5.92 Å². The van der Waals surface area contributed by atoms with Crippen LogP contribution < -0.4 is 4.74 Å². The van der Waals surface area contributed by atoms with E-state index in [0.29, 0.717) is 11.3 Å². The maximum absolute atomic E-state index is 11.9. The standard InChI is InChI=1S/C14H17NO7/c1-20-11-7-5-4-6-9(11)10(8-15(18)19)12(13(16)21-2)14(17)22-3/h4-7,10,12H,8H2,1-3H3/t10-/m0/s1. The number of nitro groups is 1. The van der Waals surface area contributed by atoms with Crippen LogP contribution >= 0.6 is 0 Å². The average molecular weight is 311 g/mol. The van der Waals surface area contributed by atoms with Crippen LogP contribution in [0.25, 0.3) is 0 Å². The summed E-state index contributed by atoms with van der Waals surface area (Å²) < 4.78 is 14.3. The smallest absolute Gasteiger partial charge is 0.320 e. The zero-order chi connectivity index (χ0) is 16.7. The molecule has 0 unspecified atom stereocenters. The molecule has 0 heterocycles. The molecule has 0 spiro atoms. The lowest BCUT2D eigenvalue weighted by Gasteiger charge is -2.22. The van der Waals surface area contributed by atoms with Gasteiger partial charge in [-0.2, -0.15) is 0 Å². The number of carbonyl (C=O) groups excluding carboxylic acids is 2. The second-order valence-corrected chi connectivity index (χ2v) is 4.39. The van der Waals surface area contributed by atoms with Gasteiger partial charge in [0.25, 0.3) is 0 Å². The summed E-state index contributed by atoms with van der Waals surface area (Å²) in [5, 5.41) is 11.0. The number of benzene rings is 1. The number of carbonyl (C=O) groups is 2. The van der Waals surface area contributed by atoms with Crippen molar-refractivity contribution in [3.05, 3.63) is 39.9 Å². The minimum Gasteiger partial charge on any atom is -0.496 e. The monoisotopic (exact) mass is 311 g/mol. The first-order chi connectivity index (χ1) is 10.5. The summed E-state index contributed by atoms with van der Waals surface area (Å²) >= 11 is 0. The van der Waals surface area contributed by atoms with Gasteiger partial charge in [0.2, 0.25) is 6.54 Å². The predicted molar refractivity (Wildman–Crippen MR) is 75.1 cm³/mol. The van der Waals surface area contributed by atoms with E-state index in [9.17, 15) is 19.7 Å². The number of methoxy groups -OCH3 is 3. The predicted octanol–water partition coefficient (Wildman–Crippen LogP) is 1.02. The fraction of sp³-hybridized carbons (Fsp3) is 0.429. The molecule has 1 rings (SSSR count). The van der Waals surface area contributed by atoms with E-state index in [1.165, 1.54) is 7.11 Å². The molecule has 0 amide bonds. The first-order valence-corrected chi connectivity index (χ1v) is 6.36. The van der Waals surface area contributed by atoms with E-state index < -0.39 is 35.2 Å². The molecule has 0 aliphatic heterocycles. The van der Waals surface area contributed by atoms with Gasteiger partial charge >= 0.3 is 11.9 Å². The lowest BCUT2D eigenvalue weighted by molar-refractivity contribution is -0.484. The Morgan fingerprint density at radius 2 is 1.68 bits per heavy atom. The highest BCUT2D eigenvalue weighted by Gasteiger charge is 2.42. The number of rotatable bonds is 7. The number of nitrogens with zero attached hydrogens (tertiary/aromatic N) is 1. The summed E-state index contributed by atoms with van der Waals surface area (Å²) in [4.78, 5) is 34.2. The number of para-hydroxylation sites is 1. The van der Waals surface area contributed by atoms with Crippen molar-refractivity contribution in [3.8, 4) is 5.75 Å². The fourth-order valence-electron chi connectivity index (χ4n) is 2.20. The average Bonchev–Trinajstić information content (AvgIpc) is 2.53. The van der Waals surface area contributed by atoms with Crippen molar-refractivity contribution in [3.63, 3.8) is 0 Å². The van der Waals surface area contributed by atoms with Gasteiger partial charge in [0, 0.05) is 10.5 Å². The number of ether oxygens (including phenoxy) is 3. The second kappa shape index (κ2) is 7.96. The van der Waals surface area contributed by atoms with Gasteiger partial charge in [-0.3, -0.25) is 19.7 Å². The Hall–Kier alpha value is -2.64. The normalized spacial score (nSPS) is 11.6. The quantitative estimate of drug-likeness (QED) is 0.320. The van der Waals surface area contributed by atoms with E-state index in [1.54, 1.807) is 24.3 Å². The molecule has 0 N–H and O–H groups in total. The topological polar surface area (TPSA) is 105 Å². The van der Waals surface area contributed by atoms with Crippen molar-refractivity contribution >= 4 is 11.9 Å². The van der Waals surface area contributed by atoms with E-state index in [4.69, 9.17) is 4.74 Å². The Kier molecular flexibility index (Phi) is 6.30. The van der Waals surface area contributed by atoms with Gasteiger partial charge in [0.1, 0.15) is 5.75 Å². The molecule has 1 aromatic rings. The van der Waals surface area contributed by atoms with Crippen LogP contribution in [0.2, 0.25) is 0 Å². The lowest BCUT2D eigenvalue weighted by Crippen LogP contribution is -2.35. The molecule has 120 valence electrons.